The van der Waals surface area contributed by atoms with Gasteiger partial charge in [0.15, 0.2) is 0 Å². The minimum atomic E-state index is 0.551. The van der Waals surface area contributed by atoms with Crippen molar-refractivity contribution in [2.24, 2.45) is 5.73 Å². The molecule has 0 radical (unpaired) electrons. The second-order valence-electron chi connectivity index (χ2n) is 3.50. The van der Waals surface area contributed by atoms with Crippen LogP contribution in [0.1, 0.15) is 24.6 Å². The van der Waals surface area contributed by atoms with Crippen LogP contribution in [0.5, 0.6) is 0 Å². The largest absolute Gasteiger partial charge is 0.329 e. The summed E-state index contributed by atoms with van der Waals surface area (Å²) in [6.07, 6.45) is 6.22. The van der Waals surface area contributed by atoms with Crippen molar-refractivity contribution in [2.75, 3.05) is 13.1 Å². The van der Waals surface area contributed by atoms with Gasteiger partial charge in [-0.3, -0.25) is 0 Å². The van der Waals surface area contributed by atoms with Gasteiger partial charge in [0.1, 0.15) is 0 Å². The Labute approximate surface area is 78.1 Å². The quantitative estimate of drug-likeness (QED) is 0.686. The van der Waals surface area contributed by atoms with Crippen molar-refractivity contribution < 1.29 is 0 Å². The van der Waals surface area contributed by atoms with E-state index in [1.54, 1.807) is 0 Å². The van der Waals surface area contributed by atoms with Crippen molar-refractivity contribution in [3.63, 3.8) is 0 Å². The molecule has 3 N–H and O–H groups in total. The van der Waals surface area contributed by atoms with E-state index < -0.39 is 0 Å². The minimum absolute atomic E-state index is 0.551. The van der Waals surface area contributed by atoms with Crippen LogP contribution in [-0.2, 0) is 6.54 Å². The first-order valence-corrected chi connectivity index (χ1v) is 4.83. The highest BCUT2D eigenvalue weighted by molar-refractivity contribution is 5.00. The minimum Gasteiger partial charge on any atom is -0.329 e. The van der Waals surface area contributed by atoms with Crippen LogP contribution in [0.3, 0.4) is 0 Å². The van der Waals surface area contributed by atoms with Crippen LogP contribution in [0.15, 0.2) is 12.5 Å². The lowest BCUT2D eigenvalue weighted by molar-refractivity contribution is 0.364. The van der Waals surface area contributed by atoms with Crippen molar-refractivity contribution in [3.05, 3.63) is 18.2 Å². The van der Waals surface area contributed by atoms with E-state index >= 15 is 0 Å². The van der Waals surface area contributed by atoms with Gasteiger partial charge < -0.3 is 15.6 Å². The van der Waals surface area contributed by atoms with E-state index in [1.807, 2.05) is 12.5 Å². The molecular formula is C9H16N4. The first kappa shape index (κ1) is 8.72. The summed E-state index contributed by atoms with van der Waals surface area (Å²) < 4.78 is 2.20. The lowest BCUT2D eigenvalue weighted by Crippen LogP contribution is -2.32. The average Bonchev–Trinajstić information content (AvgIpc) is 2.67. The molecule has 4 heteroatoms. The molecule has 0 amide bonds. The summed E-state index contributed by atoms with van der Waals surface area (Å²) >= 11 is 0. The molecule has 1 aromatic rings. The third-order valence-electron chi connectivity index (χ3n) is 2.62. The maximum atomic E-state index is 5.62. The van der Waals surface area contributed by atoms with Crippen LogP contribution in [-0.4, -0.2) is 22.6 Å². The average molecular weight is 180 g/mol. The van der Waals surface area contributed by atoms with E-state index in [0.717, 1.165) is 18.8 Å². The van der Waals surface area contributed by atoms with E-state index in [9.17, 15) is 0 Å². The maximum absolute atomic E-state index is 5.62. The SMILES string of the molecule is NCc1cncn1C1CCCNC1. The summed E-state index contributed by atoms with van der Waals surface area (Å²) in [5.41, 5.74) is 6.75. The summed E-state index contributed by atoms with van der Waals surface area (Å²) in [6.45, 7) is 2.77. The predicted molar refractivity (Wildman–Crippen MR) is 51.3 cm³/mol. The molecule has 1 unspecified atom stereocenters. The number of nitrogens with two attached hydrogens (primary N) is 1. The number of nitrogens with zero attached hydrogens (tertiary/aromatic N) is 2. The van der Waals surface area contributed by atoms with Gasteiger partial charge in [0.25, 0.3) is 0 Å². The Balaban J connectivity index is 2.13. The molecule has 1 fully saturated rings. The van der Waals surface area contributed by atoms with Gasteiger partial charge in [-0.05, 0) is 19.4 Å². The summed E-state index contributed by atoms with van der Waals surface area (Å²) in [5, 5.41) is 3.38. The summed E-state index contributed by atoms with van der Waals surface area (Å²) in [7, 11) is 0. The molecule has 72 valence electrons. The van der Waals surface area contributed by atoms with Crippen molar-refractivity contribution in [1.29, 1.82) is 0 Å². The number of nitrogens with one attached hydrogen (secondary N) is 1. The highest BCUT2D eigenvalue weighted by Crippen LogP contribution is 2.17. The molecule has 0 aromatic carbocycles. The van der Waals surface area contributed by atoms with Gasteiger partial charge in [-0.25, -0.2) is 4.98 Å². The van der Waals surface area contributed by atoms with Gasteiger partial charge in [-0.15, -0.1) is 0 Å². The van der Waals surface area contributed by atoms with Crippen LogP contribution in [0, 0.1) is 0 Å². The molecule has 0 spiro atoms. The van der Waals surface area contributed by atoms with E-state index in [2.05, 4.69) is 14.9 Å². The summed E-state index contributed by atoms with van der Waals surface area (Å²) in [4.78, 5) is 4.12. The fraction of sp³-hybridized carbons (Fsp3) is 0.667. The van der Waals surface area contributed by atoms with Gasteiger partial charge in [0.2, 0.25) is 0 Å². The first-order valence-electron chi connectivity index (χ1n) is 4.83. The topological polar surface area (TPSA) is 55.9 Å². The molecule has 2 heterocycles. The van der Waals surface area contributed by atoms with Gasteiger partial charge in [0, 0.05) is 25.3 Å². The van der Waals surface area contributed by atoms with Crippen LogP contribution in [0.2, 0.25) is 0 Å². The first-order chi connectivity index (χ1) is 6.42. The number of imidazole rings is 1. The van der Waals surface area contributed by atoms with Crippen LogP contribution in [0.25, 0.3) is 0 Å². The third-order valence-corrected chi connectivity index (χ3v) is 2.62. The molecule has 1 aliphatic rings. The van der Waals surface area contributed by atoms with Gasteiger partial charge >= 0.3 is 0 Å². The molecule has 1 aromatic heterocycles. The zero-order valence-corrected chi connectivity index (χ0v) is 7.74. The van der Waals surface area contributed by atoms with Crippen molar-refractivity contribution in [1.82, 2.24) is 14.9 Å². The monoisotopic (exact) mass is 180 g/mol. The van der Waals surface area contributed by atoms with Crippen LogP contribution < -0.4 is 11.1 Å². The van der Waals surface area contributed by atoms with E-state index in [4.69, 9.17) is 5.73 Å². The second kappa shape index (κ2) is 3.89. The fourth-order valence-corrected chi connectivity index (χ4v) is 1.89. The van der Waals surface area contributed by atoms with E-state index in [1.165, 1.54) is 12.8 Å². The highest BCUT2D eigenvalue weighted by atomic mass is 15.1. The summed E-state index contributed by atoms with van der Waals surface area (Å²) in [5.74, 6) is 0. The fourth-order valence-electron chi connectivity index (χ4n) is 1.89. The Morgan fingerprint density at radius 3 is 3.31 bits per heavy atom. The molecule has 0 saturated carbocycles. The van der Waals surface area contributed by atoms with Gasteiger partial charge in [-0.1, -0.05) is 0 Å². The lowest BCUT2D eigenvalue weighted by atomic mass is 10.1. The number of piperidine rings is 1. The molecule has 1 saturated heterocycles. The van der Waals surface area contributed by atoms with Crippen molar-refractivity contribution in [3.8, 4) is 0 Å². The van der Waals surface area contributed by atoms with E-state index in [-0.39, 0.29) is 0 Å². The normalized spacial score (nSPS) is 23.3. The number of hydrogen-bond donors (Lipinski definition) is 2. The smallest absolute Gasteiger partial charge is 0.0951 e. The molecule has 0 aliphatic carbocycles. The van der Waals surface area contributed by atoms with Gasteiger partial charge in [-0.2, -0.15) is 0 Å². The Morgan fingerprint density at radius 1 is 1.69 bits per heavy atom. The van der Waals surface area contributed by atoms with Crippen LogP contribution in [0.4, 0.5) is 0 Å². The molecule has 1 atom stereocenters. The maximum Gasteiger partial charge on any atom is 0.0951 e. The molecule has 0 bridgehead atoms. The predicted octanol–water partition coefficient (Wildman–Crippen LogP) is 0.266. The second-order valence-corrected chi connectivity index (χ2v) is 3.50. The summed E-state index contributed by atoms with van der Waals surface area (Å²) in [6, 6.07) is 0.551. The number of hydrogen-bond acceptors (Lipinski definition) is 3. The van der Waals surface area contributed by atoms with Crippen molar-refractivity contribution >= 4 is 0 Å². The third kappa shape index (κ3) is 1.73. The lowest BCUT2D eigenvalue weighted by Gasteiger charge is -2.25. The Morgan fingerprint density at radius 2 is 2.62 bits per heavy atom. The number of rotatable bonds is 2. The molecule has 2 rings (SSSR count). The molecule has 1 aliphatic heterocycles. The van der Waals surface area contributed by atoms with E-state index in [0.29, 0.717) is 12.6 Å². The highest BCUT2D eigenvalue weighted by Gasteiger charge is 2.16. The zero-order valence-electron chi connectivity index (χ0n) is 7.74. The molecule has 13 heavy (non-hydrogen) atoms. The molecule has 4 nitrogen and oxygen atoms in total. The Hall–Kier alpha value is -0.870. The molecular weight excluding hydrogens is 164 g/mol. The zero-order chi connectivity index (χ0) is 9.10. The Bertz CT molecular complexity index is 262. The standard InChI is InChI=1S/C9H16N4/c10-4-9-6-12-7-13(9)8-2-1-3-11-5-8/h6-8,11H,1-5,10H2. The van der Waals surface area contributed by atoms with Gasteiger partial charge in [0.05, 0.1) is 12.0 Å². The van der Waals surface area contributed by atoms with Crippen molar-refractivity contribution in [2.45, 2.75) is 25.4 Å². The Kier molecular flexibility index (Phi) is 2.61. The van der Waals surface area contributed by atoms with Crippen LogP contribution >= 0.6 is 0 Å². The number of aromatic nitrogens is 2.